The van der Waals surface area contributed by atoms with Crippen molar-refractivity contribution in [3.63, 3.8) is 0 Å². The predicted molar refractivity (Wildman–Crippen MR) is 84.1 cm³/mol. The van der Waals surface area contributed by atoms with Gasteiger partial charge in [-0.15, -0.1) is 0 Å². The molecule has 1 aliphatic rings. The second-order valence-corrected chi connectivity index (χ2v) is 6.03. The summed E-state index contributed by atoms with van der Waals surface area (Å²) in [5.74, 6) is -0.238. The molecule has 116 valence electrons. The van der Waals surface area contributed by atoms with E-state index in [1.165, 1.54) is 0 Å². The fraction of sp³-hybridized carbons (Fsp3) is 0.412. The van der Waals surface area contributed by atoms with Gasteiger partial charge in [-0.1, -0.05) is 31.0 Å². The van der Waals surface area contributed by atoms with Gasteiger partial charge in [-0.3, -0.25) is 4.79 Å². The summed E-state index contributed by atoms with van der Waals surface area (Å²) in [6.45, 7) is 2.21. The molecule has 2 aromatic rings. The van der Waals surface area contributed by atoms with Crippen molar-refractivity contribution in [2.45, 2.75) is 38.2 Å². The average molecular weight is 299 g/mol. The van der Waals surface area contributed by atoms with E-state index < -0.39 is 5.60 Å². The SMILES string of the molecule is Cc1cc(C(=O)NCC2(O)CCCC2)nn1-c1ccccc1. The summed E-state index contributed by atoms with van der Waals surface area (Å²) in [5.41, 5.74) is 1.46. The zero-order valence-electron chi connectivity index (χ0n) is 12.7. The lowest BCUT2D eigenvalue weighted by atomic mass is 10.0. The van der Waals surface area contributed by atoms with Gasteiger partial charge in [0, 0.05) is 12.2 Å². The molecular formula is C17H21N3O2. The molecular weight excluding hydrogens is 278 g/mol. The second-order valence-electron chi connectivity index (χ2n) is 6.03. The van der Waals surface area contributed by atoms with Crippen LogP contribution >= 0.6 is 0 Å². The molecule has 0 atom stereocenters. The number of nitrogens with zero attached hydrogens (tertiary/aromatic N) is 2. The molecule has 0 radical (unpaired) electrons. The highest BCUT2D eigenvalue weighted by molar-refractivity contribution is 5.92. The van der Waals surface area contributed by atoms with Crippen LogP contribution in [0.3, 0.4) is 0 Å². The van der Waals surface area contributed by atoms with Gasteiger partial charge in [0.1, 0.15) is 0 Å². The molecule has 1 amide bonds. The van der Waals surface area contributed by atoms with Crippen LogP contribution < -0.4 is 5.32 Å². The zero-order chi connectivity index (χ0) is 15.6. The molecule has 0 aliphatic heterocycles. The maximum atomic E-state index is 12.2. The minimum Gasteiger partial charge on any atom is -0.388 e. The van der Waals surface area contributed by atoms with E-state index in [1.807, 2.05) is 37.3 Å². The lowest BCUT2D eigenvalue weighted by molar-refractivity contribution is 0.0448. The number of benzene rings is 1. The Morgan fingerprint density at radius 2 is 2.00 bits per heavy atom. The molecule has 0 unspecified atom stereocenters. The molecule has 3 rings (SSSR count). The second kappa shape index (κ2) is 5.93. The first kappa shape index (κ1) is 14.8. The summed E-state index contributed by atoms with van der Waals surface area (Å²) in [4.78, 5) is 12.2. The van der Waals surface area contributed by atoms with Crippen LogP contribution in [0.2, 0.25) is 0 Å². The Hall–Kier alpha value is -2.14. The smallest absolute Gasteiger partial charge is 0.271 e. The molecule has 1 fully saturated rings. The van der Waals surface area contributed by atoms with Crippen molar-refractivity contribution in [2.75, 3.05) is 6.54 Å². The number of amides is 1. The Bertz CT molecular complexity index is 658. The highest BCUT2D eigenvalue weighted by Gasteiger charge is 2.31. The summed E-state index contributed by atoms with van der Waals surface area (Å²) >= 11 is 0. The molecule has 1 aromatic heterocycles. The van der Waals surface area contributed by atoms with Gasteiger partial charge in [0.15, 0.2) is 5.69 Å². The van der Waals surface area contributed by atoms with Gasteiger partial charge in [0.05, 0.1) is 11.3 Å². The monoisotopic (exact) mass is 299 g/mol. The Balaban J connectivity index is 1.71. The fourth-order valence-electron chi connectivity index (χ4n) is 2.96. The summed E-state index contributed by atoms with van der Waals surface area (Å²) < 4.78 is 1.75. The van der Waals surface area contributed by atoms with Crippen LogP contribution in [0.1, 0.15) is 41.9 Å². The van der Waals surface area contributed by atoms with Crippen molar-refractivity contribution in [2.24, 2.45) is 0 Å². The van der Waals surface area contributed by atoms with Crippen molar-refractivity contribution >= 4 is 5.91 Å². The topological polar surface area (TPSA) is 67.2 Å². The first-order valence-electron chi connectivity index (χ1n) is 7.70. The molecule has 0 saturated heterocycles. The van der Waals surface area contributed by atoms with Crippen LogP contribution in [0, 0.1) is 6.92 Å². The molecule has 1 aromatic carbocycles. The van der Waals surface area contributed by atoms with Gasteiger partial charge in [-0.2, -0.15) is 5.10 Å². The summed E-state index contributed by atoms with van der Waals surface area (Å²) in [7, 11) is 0. The third-order valence-corrected chi connectivity index (χ3v) is 4.23. The molecule has 0 bridgehead atoms. The predicted octanol–water partition coefficient (Wildman–Crippen LogP) is 2.22. The molecule has 5 nitrogen and oxygen atoms in total. The van der Waals surface area contributed by atoms with Crippen molar-refractivity contribution in [1.29, 1.82) is 0 Å². The molecule has 1 heterocycles. The number of aryl methyl sites for hydroxylation is 1. The van der Waals surface area contributed by atoms with Crippen molar-refractivity contribution < 1.29 is 9.90 Å². The number of nitrogens with one attached hydrogen (secondary N) is 1. The highest BCUT2D eigenvalue weighted by atomic mass is 16.3. The Morgan fingerprint density at radius 3 is 2.68 bits per heavy atom. The number of carbonyl (C=O) groups excluding carboxylic acids is 1. The van der Waals surface area contributed by atoms with Gasteiger partial charge >= 0.3 is 0 Å². The van der Waals surface area contributed by atoms with Crippen LogP contribution in [0.5, 0.6) is 0 Å². The largest absolute Gasteiger partial charge is 0.388 e. The van der Waals surface area contributed by atoms with Gasteiger partial charge in [-0.25, -0.2) is 4.68 Å². The molecule has 0 spiro atoms. The number of aliphatic hydroxyl groups is 1. The Kier molecular flexibility index (Phi) is 3.98. The van der Waals surface area contributed by atoms with E-state index in [2.05, 4.69) is 10.4 Å². The van der Waals surface area contributed by atoms with Gasteiger partial charge < -0.3 is 10.4 Å². The summed E-state index contributed by atoms with van der Waals surface area (Å²) in [6, 6.07) is 11.5. The van der Waals surface area contributed by atoms with Crippen molar-refractivity contribution in [3.8, 4) is 5.69 Å². The van der Waals surface area contributed by atoms with E-state index >= 15 is 0 Å². The molecule has 22 heavy (non-hydrogen) atoms. The molecule has 1 saturated carbocycles. The van der Waals surface area contributed by atoms with E-state index in [0.717, 1.165) is 37.1 Å². The minimum atomic E-state index is -0.743. The number of carbonyl (C=O) groups is 1. The Morgan fingerprint density at radius 1 is 1.32 bits per heavy atom. The summed E-state index contributed by atoms with van der Waals surface area (Å²) in [5, 5.41) is 17.5. The number of para-hydroxylation sites is 1. The first-order chi connectivity index (χ1) is 10.6. The number of hydrogen-bond acceptors (Lipinski definition) is 3. The maximum Gasteiger partial charge on any atom is 0.271 e. The third kappa shape index (κ3) is 3.04. The maximum absolute atomic E-state index is 12.2. The zero-order valence-corrected chi connectivity index (χ0v) is 12.7. The van der Waals surface area contributed by atoms with Crippen molar-refractivity contribution in [3.05, 3.63) is 47.8 Å². The lowest BCUT2D eigenvalue weighted by Gasteiger charge is -2.21. The van der Waals surface area contributed by atoms with Gasteiger partial charge in [0.25, 0.3) is 5.91 Å². The quantitative estimate of drug-likeness (QED) is 0.909. The summed E-state index contributed by atoms with van der Waals surface area (Å²) in [6.07, 6.45) is 3.55. The number of aromatic nitrogens is 2. The third-order valence-electron chi connectivity index (χ3n) is 4.23. The van der Waals surface area contributed by atoms with E-state index in [4.69, 9.17) is 0 Å². The average Bonchev–Trinajstić information content (AvgIpc) is 3.13. The van der Waals surface area contributed by atoms with Gasteiger partial charge in [0.2, 0.25) is 0 Å². The number of hydrogen-bond donors (Lipinski definition) is 2. The van der Waals surface area contributed by atoms with Crippen LogP contribution in [0.4, 0.5) is 0 Å². The van der Waals surface area contributed by atoms with Crippen molar-refractivity contribution in [1.82, 2.24) is 15.1 Å². The van der Waals surface area contributed by atoms with E-state index in [9.17, 15) is 9.90 Å². The molecule has 5 heteroatoms. The first-order valence-corrected chi connectivity index (χ1v) is 7.70. The van der Waals surface area contributed by atoms with Crippen LogP contribution in [-0.2, 0) is 0 Å². The fourth-order valence-corrected chi connectivity index (χ4v) is 2.96. The standard InChI is InChI=1S/C17H21N3O2/c1-13-11-15(19-20(13)14-7-3-2-4-8-14)16(21)18-12-17(22)9-5-6-10-17/h2-4,7-8,11,22H,5-6,9-10,12H2,1H3,(H,18,21). The van der Waals surface area contributed by atoms with Crippen LogP contribution in [0.25, 0.3) is 5.69 Å². The van der Waals surface area contributed by atoms with E-state index in [-0.39, 0.29) is 5.91 Å². The normalized spacial score (nSPS) is 16.6. The number of rotatable bonds is 4. The van der Waals surface area contributed by atoms with Crippen LogP contribution in [0.15, 0.2) is 36.4 Å². The van der Waals surface area contributed by atoms with Gasteiger partial charge in [-0.05, 0) is 38.0 Å². The highest BCUT2D eigenvalue weighted by Crippen LogP contribution is 2.28. The molecule has 1 aliphatic carbocycles. The Labute approximate surface area is 130 Å². The van der Waals surface area contributed by atoms with Crippen LogP contribution in [-0.4, -0.2) is 32.9 Å². The molecule has 2 N–H and O–H groups in total. The lowest BCUT2D eigenvalue weighted by Crippen LogP contribution is -2.40. The minimum absolute atomic E-state index is 0.238. The van der Waals surface area contributed by atoms with E-state index in [0.29, 0.717) is 12.2 Å². The van der Waals surface area contributed by atoms with E-state index in [1.54, 1.807) is 10.7 Å².